The summed E-state index contributed by atoms with van der Waals surface area (Å²) in [4.78, 5) is 14.6. The number of hydrogen-bond acceptors (Lipinski definition) is 3. The molecule has 1 aliphatic carbocycles. The van der Waals surface area contributed by atoms with Gasteiger partial charge in [-0.2, -0.15) is 0 Å². The van der Waals surface area contributed by atoms with E-state index in [1.165, 1.54) is 6.07 Å². The number of ether oxygens (including phenoxy) is 1. The summed E-state index contributed by atoms with van der Waals surface area (Å²) >= 11 is 0. The lowest BCUT2D eigenvalue weighted by molar-refractivity contribution is -0.139. The second-order valence-electron chi connectivity index (χ2n) is 6.85. The van der Waals surface area contributed by atoms with Crippen LogP contribution in [-0.2, 0) is 17.8 Å². The SMILES string of the molecule is COc1ccc(CCN(Cc2ccccc2F)C(=O)C2(CO)CC2)cc1. The largest absolute Gasteiger partial charge is 0.497 e. The maximum absolute atomic E-state index is 14.1. The van der Waals surface area contributed by atoms with Crippen LogP contribution in [0, 0.1) is 11.2 Å². The molecule has 0 spiro atoms. The summed E-state index contributed by atoms with van der Waals surface area (Å²) < 4.78 is 19.2. The van der Waals surface area contributed by atoms with Crippen LogP contribution in [-0.4, -0.2) is 36.2 Å². The van der Waals surface area contributed by atoms with Crippen LogP contribution < -0.4 is 4.74 Å². The molecule has 0 saturated heterocycles. The van der Waals surface area contributed by atoms with Crippen LogP contribution in [0.2, 0.25) is 0 Å². The van der Waals surface area contributed by atoms with Gasteiger partial charge in [-0.3, -0.25) is 4.79 Å². The van der Waals surface area contributed by atoms with Crippen LogP contribution in [0.5, 0.6) is 5.75 Å². The molecule has 5 heteroatoms. The van der Waals surface area contributed by atoms with Gasteiger partial charge in [0.1, 0.15) is 11.6 Å². The third-order valence-corrected chi connectivity index (χ3v) is 5.05. The lowest BCUT2D eigenvalue weighted by Gasteiger charge is -2.27. The van der Waals surface area contributed by atoms with Crippen molar-refractivity contribution in [2.75, 3.05) is 20.3 Å². The molecule has 1 aliphatic rings. The predicted molar refractivity (Wildman–Crippen MR) is 97.3 cm³/mol. The standard InChI is InChI=1S/C21H24FNO3/c1-26-18-8-6-16(7-9-18)10-13-23(20(25)21(15-24)11-12-21)14-17-4-2-3-5-19(17)22/h2-9,24H,10-15H2,1H3. The summed E-state index contributed by atoms with van der Waals surface area (Å²) in [6, 6.07) is 14.2. The molecule has 0 bridgehead atoms. The van der Waals surface area contributed by atoms with Gasteiger partial charge in [0.25, 0.3) is 0 Å². The maximum Gasteiger partial charge on any atom is 0.231 e. The van der Waals surface area contributed by atoms with Crippen molar-refractivity contribution in [1.29, 1.82) is 0 Å². The first-order valence-corrected chi connectivity index (χ1v) is 8.84. The summed E-state index contributed by atoms with van der Waals surface area (Å²) in [6.45, 7) is 0.535. The topological polar surface area (TPSA) is 49.8 Å². The number of rotatable bonds is 8. The normalized spacial score (nSPS) is 14.7. The monoisotopic (exact) mass is 357 g/mol. The van der Waals surface area contributed by atoms with Gasteiger partial charge in [-0.25, -0.2) is 4.39 Å². The van der Waals surface area contributed by atoms with Gasteiger partial charge < -0.3 is 14.7 Å². The van der Waals surface area contributed by atoms with E-state index in [1.807, 2.05) is 24.3 Å². The number of aliphatic hydroxyl groups is 1. The van der Waals surface area contributed by atoms with Gasteiger partial charge in [-0.15, -0.1) is 0 Å². The van der Waals surface area contributed by atoms with Crippen LogP contribution >= 0.6 is 0 Å². The minimum atomic E-state index is -0.662. The van der Waals surface area contributed by atoms with Gasteiger partial charge in [0, 0.05) is 18.7 Å². The summed E-state index contributed by atoms with van der Waals surface area (Å²) in [6.07, 6.45) is 2.04. The lowest BCUT2D eigenvalue weighted by atomic mass is 10.0. The Hall–Kier alpha value is -2.40. The first-order chi connectivity index (χ1) is 12.6. The number of methoxy groups -OCH3 is 1. The first kappa shape index (κ1) is 18.4. The number of carbonyl (C=O) groups is 1. The Bertz CT molecular complexity index is 756. The van der Waals surface area contributed by atoms with Crippen molar-refractivity contribution < 1.29 is 19.0 Å². The van der Waals surface area contributed by atoms with Crippen LogP contribution in [0.25, 0.3) is 0 Å². The molecule has 0 radical (unpaired) electrons. The molecule has 1 N–H and O–H groups in total. The molecular formula is C21H24FNO3. The van der Waals surface area contributed by atoms with Crippen molar-refractivity contribution in [3.05, 3.63) is 65.5 Å². The third-order valence-electron chi connectivity index (χ3n) is 5.05. The molecule has 2 aromatic rings. The second-order valence-corrected chi connectivity index (χ2v) is 6.85. The van der Waals surface area contributed by atoms with Gasteiger partial charge in [0.15, 0.2) is 0 Å². The number of nitrogens with zero attached hydrogens (tertiary/aromatic N) is 1. The lowest BCUT2D eigenvalue weighted by Crippen LogP contribution is -2.39. The summed E-state index contributed by atoms with van der Waals surface area (Å²) in [5.41, 5.74) is 0.904. The quantitative estimate of drug-likeness (QED) is 0.789. The van der Waals surface area contributed by atoms with Crippen LogP contribution in [0.1, 0.15) is 24.0 Å². The molecule has 4 nitrogen and oxygen atoms in total. The van der Waals surface area contributed by atoms with Gasteiger partial charge in [-0.05, 0) is 43.0 Å². The Morgan fingerprint density at radius 1 is 1.19 bits per heavy atom. The fourth-order valence-electron chi connectivity index (χ4n) is 3.07. The number of amides is 1. The van der Waals surface area contributed by atoms with E-state index in [1.54, 1.807) is 30.2 Å². The Morgan fingerprint density at radius 2 is 1.88 bits per heavy atom. The van der Waals surface area contributed by atoms with Crippen molar-refractivity contribution in [2.45, 2.75) is 25.8 Å². The molecule has 1 saturated carbocycles. The number of hydrogen-bond donors (Lipinski definition) is 1. The summed E-state index contributed by atoms with van der Waals surface area (Å²) in [5, 5.41) is 9.60. The molecule has 0 heterocycles. The van der Waals surface area contributed by atoms with Crippen molar-refractivity contribution in [1.82, 2.24) is 4.90 Å². The zero-order chi connectivity index (χ0) is 18.6. The number of benzene rings is 2. The Labute approximate surface area is 153 Å². The highest BCUT2D eigenvalue weighted by Crippen LogP contribution is 2.46. The second kappa shape index (κ2) is 7.87. The van der Waals surface area contributed by atoms with E-state index in [9.17, 15) is 14.3 Å². The molecular weight excluding hydrogens is 333 g/mol. The summed E-state index contributed by atoms with van der Waals surface area (Å²) in [7, 11) is 1.62. The molecule has 1 amide bonds. The minimum absolute atomic E-state index is 0.0863. The highest BCUT2D eigenvalue weighted by atomic mass is 19.1. The fraction of sp³-hybridized carbons (Fsp3) is 0.381. The molecule has 3 rings (SSSR count). The van der Waals surface area contributed by atoms with E-state index in [-0.39, 0.29) is 24.9 Å². The van der Waals surface area contributed by atoms with E-state index in [0.717, 1.165) is 11.3 Å². The number of aliphatic hydroxyl groups excluding tert-OH is 1. The molecule has 0 atom stereocenters. The maximum atomic E-state index is 14.1. The zero-order valence-corrected chi connectivity index (χ0v) is 15.0. The molecule has 0 aromatic heterocycles. The molecule has 1 fully saturated rings. The van der Waals surface area contributed by atoms with Crippen molar-refractivity contribution in [3.63, 3.8) is 0 Å². The van der Waals surface area contributed by atoms with Crippen LogP contribution in [0.4, 0.5) is 4.39 Å². The molecule has 138 valence electrons. The Morgan fingerprint density at radius 3 is 2.46 bits per heavy atom. The first-order valence-electron chi connectivity index (χ1n) is 8.84. The van der Waals surface area contributed by atoms with Crippen molar-refractivity contribution in [2.24, 2.45) is 5.41 Å². The Balaban J connectivity index is 1.74. The minimum Gasteiger partial charge on any atom is -0.497 e. The molecule has 2 aromatic carbocycles. The van der Waals surface area contributed by atoms with Gasteiger partial charge in [0.05, 0.1) is 19.1 Å². The predicted octanol–water partition coefficient (Wildman–Crippen LogP) is 3.18. The Kier molecular flexibility index (Phi) is 5.57. The third kappa shape index (κ3) is 4.05. The van der Waals surface area contributed by atoms with Crippen molar-refractivity contribution >= 4 is 5.91 Å². The average molecular weight is 357 g/mol. The van der Waals surface area contributed by atoms with Gasteiger partial charge >= 0.3 is 0 Å². The smallest absolute Gasteiger partial charge is 0.231 e. The van der Waals surface area contributed by atoms with E-state index in [2.05, 4.69) is 0 Å². The molecule has 26 heavy (non-hydrogen) atoms. The average Bonchev–Trinajstić information content (AvgIpc) is 3.48. The van der Waals surface area contributed by atoms with E-state index in [0.29, 0.717) is 31.4 Å². The van der Waals surface area contributed by atoms with E-state index >= 15 is 0 Å². The van der Waals surface area contributed by atoms with Crippen LogP contribution in [0.3, 0.4) is 0 Å². The van der Waals surface area contributed by atoms with E-state index < -0.39 is 5.41 Å². The van der Waals surface area contributed by atoms with E-state index in [4.69, 9.17) is 4.74 Å². The van der Waals surface area contributed by atoms with Gasteiger partial charge in [0.2, 0.25) is 5.91 Å². The highest BCUT2D eigenvalue weighted by molar-refractivity contribution is 5.85. The van der Waals surface area contributed by atoms with Crippen molar-refractivity contribution in [3.8, 4) is 5.75 Å². The highest BCUT2D eigenvalue weighted by Gasteiger charge is 2.51. The summed E-state index contributed by atoms with van der Waals surface area (Å²) in [5.74, 6) is 0.380. The molecule has 0 unspecified atom stereocenters. The molecule has 0 aliphatic heterocycles. The van der Waals surface area contributed by atoms with Gasteiger partial charge in [-0.1, -0.05) is 30.3 Å². The zero-order valence-electron chi connectivity index (χ0n) is 15.0. The van der Waals surface area contributed by atoms with Crippen LogP contribution in [0.15, 0.2) is 48.5 Å². The number of halogens is 1. The number of carbonyl (C=O) groups excluding carboxylic acids is 1. The fourth-order valence-corrected chi connectivity index (χ4v) is 3.07.